The number of hydrogen-bond acceptors (Lipinski definition) is 3. The van der Waals surface area contributed by atoms with Gasteiger partial charge in [-0.05, 0) is 66.8 Å². The van der Waals surface area contributed by atoms with Gasteiger partial charge in [-0.3, -0.25) is 4.79 Å². The van der Waals surface area contributed by atoms with E-state index in [1.807, 2.05) is 36.4 Å². The van der Waals surface area contributed by atoms with Crippen molar-refractivity contribution >= 4 is 17.9 Å². The van der Waals surface area contributed by atoms with Crippen molar-refractivity contribution in [1.29, 1.82) is 10.5 Å². The quantitative estimate of drug-likeness (QED) is 0.755. The Labute approximate surface area is 147 Å². The molecule has 0 spiro atoms. The van der Waals surface area contributed by atoms with Gasteiger partial charge >= 0.3 is 0 Å². The van der Waals surface area contributed by atoms with E-state index in [1.54, 1.807) is 24.3 Å². The maximum absolute atomic E-state index is 12.8. The number of carbonyl (C=O) groups is 1. The Kier molecular flexibility index (Phi) is 4.88. The number of hydrogen-bond donors (Lipinski definition) is 0. The summed E-state index contributed by atoms with van der Waals surface area (Å²) in [5, 5.41) is 18.0. The van der Waals surface area contributed by atoms with Gasteiger partial charge < -0.3 is 0 Å². The molecule has 0 amide bonds. The summed E-state index contributed by atoms with van der Waals surface area (Å²) in [7, 11) is 0. The van der Waals surface area contributed by atoms with Crippen molar-refractivity contribution in [2.45, 2.75) is 19.3 Å². The van der Waals surface area contributed by atoms with Gasteiger partial charge in [0.15, 0.2) is 5.78 Å². The third-order valence-electron chi connectivity index (χ3n) is 4.19. The molecule has 25 heavy (non-hydrogen) atoms. The third kappa shape index (κ3) is 3.91. The molecule has 0 atom stereocenters. The van der Waals surface area contributed by atoms with Crippen LogP contribution in [0.5, 0.6) is 0 Å². The maximum atomic E-state index is 12.8. The summed E-state index contributed by atoms with van der Waals surface area (Å²) in [6, 6.07) is 18.7. The van der Waals surface area contributed by atoms with Gasteiger partial charge in [-0.2, -0.15) is 10.5 Å². The zero-order valence-electron chi connectivity index (χ0n) is 13.7. The molecule has 1 saturated carbocycles. The van der Waals surface area contributed by atoms with E-state index in [0.29, 0.717) is 11.1 Å². The van der Waals surface area contributed by atoms with Crippen LogP contribution in [0.15, 0.2) is 59.7 Å². The van der Waals surface area contributed by atoms with E-state index in [4.69, 9.17) is 10.5 Å². The van der Waals surface area contributed by atoms with Crippen LogP contribution in [0.25, 0.3) is 12.2 Å². The summed E-state index contributed by atoms with van der Waals surface area (Å²) in [6.07, 6.45) is 6.15. The summed E-state index contributed by atoms with van der Waals surface area (Å²) in [4.78, 5) is 12.8. The zero-order chi connectivity index (χ0) is 17.6. The molecular formula is C22H16N2O. The average Bonchev–Trinajstić information content (AvgIpc) is 2.65. The minimum absolute atomic E-state index is 0.0518. The van der Waals surface area contributed by atoms with E-state index in [-0.39, 0.29) is 5.78 Å². The molecule has 0 heterocycles. The fourth-order valence-electron chi connectivity index (χ4n) is 2.98. The molecule has 1 fully saturated rings. The van der Waals surface area contributed by atoms with Crippen LogP contribution in [0, 0.1) is 22.7 Å². The molecule has 0 bridgehead atoms. The van der Waals surface area contributed by atoms with E-state index in [9.17, 15) is 4.79 Å². The third-order valence-corrected chi connectivity index (χ3v) is 4.19. The van der Waals surface area contributed by atoms with Gasteiger partial charge in [-0.15, -0.1) is 0 Å². The van der Waals surface area contributed by atoms with Crippen molar-refractivity contribution < 1.29 is 4.79 Å². The highest BCUT2D eigenvalue weighted by atomic mass is 16.1. The van der Waals surface area contributed by atoms with Crippen LogP contribution in [-0.2, 0) is 4.79 Å². The van der Waals surface area contributed by atoms with Crippen LogP contribution in [0.1, 0.15) is 41.5 Å². The normalized spacial score (nSPS) is 17.3. The Balaban J connectivity index is 1.90. The minimum Gasteiger partial charge on any atom is -0.289 e. The molecule has 3 rings (SSSR count). The second kappa shape index (κ2) is 7.43. The molecule has 2 aromatic carbocycles. The largest absolute Gasteiger partial charge is 0.289 e. The molecule has 3 heteroatoms. The lowest BCUT2D eigenvalue weighted by Gasteiger charge is -2.16. The standard InChI is InChI=1S/C22H16N2O/c23-14-18-6-1-4-16(10-18)12-20-8-3-9-21(22(20)25)13-17-5-2-7-19(11-17)15-24/h1-2,4-7,10-13H,3,8-9H2/b20-12-,21-13+. The predicted octanol–water partition coefficient (Wildman–Crippen LogP) is 4.65. The van der Waals surface area contributed by atoms with Crippen molar-refractivity contribution in [2.24, 2.45) is 0 Å². The number of Topliss-reactive ketones (excluding diaryl/α,β-unsaturated/α-hetero) is 1. The highest BCUT2D eigenvalue weighted by molar-refractivity contribution is 6.14. The highest BCUT2D eigenvalue weighted by Gasteiger charge is 2.20. The van der Waals surface area contributed by atoms with E-state index in [0.717, 1.165) is 41.5 Å². The van der Waals surface area contributed by atoms with Crippen molar-refractivity contribution in [3.63, 3.8) is 0 Å². The molecule has 2 aromatic rings. The van der Waals surface area contributed by atoms with Crippen molar-refractivity contribution in [3.8, 4) is 12.1 Å². The van der Waals surface area contributed by atoms with Gasteiger partial charge in [-0.1, -0.05) is 24.3 Å². The van der Waals surface area contributed by atoms with Crippen LogP contribution in [-0.4, -0.2) is 5.78 Å². The van der Waals surface area contributed by atoms with Crippen LogP contribution < -0.4 is 0 Å². The number of benzene rings is 2. The fourth-order valence-corrected chi connectivity index (χ4v) is 2.98. The Morgan fingerprint density at radius 2 is 1.28 bits per heavy atom. The Morgan fingerprint density at radius 1 is 0.800 bits per heavy atom. The van der Waals surface area contributed by atoms with Crippen LogP contribution in [0.4, 0.5) is 0 Å². The Morgan fingerprint density at radius 3 is 1.72 bits per heavy atom. The van der Waals surface area contributed by atoms with E-state index < -0.39 is 0 Å². The van der Waals surface area contributed by atoms with Gasteiger partial charge in [0.1, 0.15) is 0 Å². The summed E-state index contributed by atoms with van der Waals surface area (Å²) >= 11 is 0. The molecular weight excluding hydrogens is 308 g/mol. The van der Waals surface area contributed by atoms with Crippen molar-refractivity contribution in [3.05, 3.63) is 81.9 Å². The molecule has 0 unspecified atom stereocenters. The molecule has 3 nitrogen and oxygen atoms in total. The number of ketones is 1. The van der Waals surface area contributed by atoms with Gasteiger partial charge in [0.05, 0.1) is 23.3 Å². The summed E-state index contributed by atoms with van der Waals surface area (Å²) < 4.78 is 0. The van der Waals surface area contributed by atoms with Crippen molar-refractivity contribution in [2.75, 3.05) is 0 Å². The summed E-state index contributed by atoms with van der Waals surface area (Å²) in [5.74, 6) is 0.0518. The first-order valence-corrected chi connectivity index (χ1v) is 8.16. The second-order valence-corrected chi connectivity index (χ2v) is 6.00. The van der Waals surface area contributed by atoms with E-state index in [2.05, 4.69) is 12.1 Å². The maximum Gasteiger partial charge on any atom is 0.185 e. The van der Waals surface area contributed by atoms with Crippen LogP contribution >= 0.6 is 0 Å². The van der Waals surface area contributed by atoms with E-state index >= 15 is 0 Å². The van der Waals surface area contributed by atoms with Gasteiger partial charge in [0, 0.05) is 11.1 Å². The number of allylic oxidation sites excluding steroid dienone is 2. The molecule has 1 aliphatic carbocycles. The predicted molar refractivity (Wildman–Crippen MR) is 97.1 cm³/mol. The fraction of sp³-hybridized carbons (Fsp3) is 0.136. The highest BCUT2D eigenvalue weighted by Crippen LogP contribution is 2.28. The van der Waals surface area contributed by atoms with Gasteiger partial charge in [0.2, 0.25) is 0 Å². The molecule has 0 radical (unpaired) electrons. The molecule has 0 aromatic heterocycles. The van der Waals surface area contributed by atoms with Crippen molar-refractivity contribution in [1.82, 2.24) is 0 Å². The van der Waals surface area contributed by atoms with Gasteiger partial charge in [0.25, 0.3) is 0 Å². The number of nitriles is 2. The molecule has 0 aliphatic heterocycles. The SMILES string of the molecule is N#Cc1cccc(/C=C2/CCC/C(=C\c3cccc(C#N)c3)C2=O)c1. The second-order valence-electron chi connectivity index (χ2n) is 6.00. The molecule has 0 N–H and O–H groups in total. The zero-order valence-corrected chi connectivity index (χ0v) is 13.7. The minimum atomic E-state index is 0.0518. The first-order chi connectivity index (χ1) is 12.2. The Hall–Kier alpha value is -3.43. The first kappa shape index (κ1) is 16.4. The number of rotatable bonds is 2. The monoisotopic (exact) mass is 324 g/mol. The lowest BCUT2D eigenvalue weighted by atomic mass is 9.86. The summed E-state index contributed by atoms with van der Waals surface area (Å²) in [5.41, 5.74) is 4.45. The lowest BCUT2D eigenvalue weighted by Crippen LogP contribution is -2.12. The number of nitrogens with zero attached hydrogens (tertiary/aromatic N) is 2. The molecule has 120 valence electrons. The van der Waals surface area contributed by atoms with Gasteiger partial charge in [-0.25, -0.2) is 0 Å². The summed E-state index contributed by atoms with van der Waals surface area (Å²) in [6.45, 7) is 0. The smallest absolute Gasteiger partial charge is 0.185 e. The van der Waals surface area contributed by atoms with Crippen LogP contribution in [0.2, 0.25) is 0 Å². The lowest BCUT2D eigenvalue weighted by molar-refractivity contribution is -0.112. The van der Waals surface area contributed by atoms with Crippen LogP contribution in [0.3, 0.4) is 0 Å². The van der Waals surface area contributed by atoms with E-state index in [1.165, 1.54) is 0 Å². The topological polar surface area (TPSA) is 64.7 Å². The molecule has 1 aliphatic rings. The first-order valence-electron chi connectivity index (χ1n) is 8.16. The Bertz CT molecular complexity index is 891. The molecule has 0 saturated heterocycles. The number of carbonyl (C=O) groups excluding carboxylic acids is 1. The average molecular weight is 324 g/mol.